The van der Waals surface area contributed by atoms with Crippen LogP contribution in [0.3, 0.4) is 0 Å². The van der Waals surface area contributed by atoms with Crippen molar-refractivity contribution in [2.75, 3.05) is 0 Å². The quantitative estimate of drug-likeness (QED) is 0.634. The molecule has 70 valence electrons. The minimum Gasteiger partial charge on any atom is -0.383 e. The highest BCUT2D eigenvalue weighted by molar-refractivity contribution is 5.25. The number of rotatable bonds is 4. The summed E-state index contributed by atoms with van der Waals surface area (Å²) < 4.78 is 0. The molecule has 1 N–H and O–H groups in total. The van der Waals surface area contributed by atoms with Crippen LogP contribution >= 0.6 is 0 Å². The zero-order chi connectivity index (χ0) is 9.72. The molecule has 0 fully saturated rings. The minimum atomic E-state index is 0.466. The van der Waals surface area contributed by atoms with Crippen LogP contribution in [0.1, 0.15) is 34.6 Å². The van der Waals surface area contributed by atoms with Crippen LogP contribution in [0.15, 0.2) is 23.9 Å². The Balaban J connectivity index is 4.10. The summed E-state index contributed by atoms with van der Waals surface area (Å²) in [6, 6.07) is 0.466. The lowest BCUT2D eigenvalue weighted by Crippen LogP contribution is -2.21. The molecule has 0 atom stereocenters. The van der Waals surface area contributed by atoms with Gasteiger partial charge in [-0.3, -0.25) is 0 Å². The predicted molar refractivity (Wildman–Crippen MR) is 56.0 cm³/mol. The molecule has 0 aromatic rings. The molecule has 0 aromatic heterocycles. The van der Waals surface area contributed by atoms with Gasteiger partial charge in [0.15, 0.2) is 0 Å². The molecule has 0 aliphatic rings. The fourth-order valence-electron chi connectivity index (χ4n) is 1.06. The van der Waals surface area contributed by atoms with Gasteiger partial charge in [0.05, 0.1) is 0 Å². The monoisotopic (exact) mass is 167 g/mol. The van der Waals surface area contributed by atoms with Crippen molar-refractivity contribution in [2.45, 2.75) is 40.7 Å². The fraction of sp³-hybridized carbons (Fsp3) is 0.636. The summed E-state index contributed by atoms with van der Waals surface area (Å²) in [6.07, 6.45) is 2.22. The maximum atomic E-state index is 3.97. The smallest absolute Gasteiger partial charge is 0.0295 e. The third-order valence-electron chi connectivity index (χ3n) is 1.52. The summed E-state index contributed by atoms with van der Waals surface area (Å²) in [4.78, 5) is 0. The molecule has 0 spiro atoms. The Morgan fingerprint density at radius 1 is 1.25 bits per heavy atom. The molecule has 1 nitrogen and oxygen atoms in total. The van der Waals surface area contributed by atoms with Crippen molar-refractivity contribution in [3.63, 3.8) is 0 Å². The van der Waals surface area contributed by atoms with Gasteiger partial charge in [-0.2, -0.15) is 0 Å². The normalized spacial score (nSPS) is 12.4. The molecule has 0 aliphatic heterocycles. The van der Waals surface area contributed by atoms with E-state index < -0.39 is 0 Å². The van der Waals surface area contributed by atoms with E-state index in [1.807, 2.05) is 0 Å². The van der Waals surface area contributed by atoms with Gasteiger partial charge >= 0.3 is 0 Å². The molecule has 0 saturated carbocycles. The third-order valence-corrected chi connectivity index (χ3v) is 1.52. The molecule has 0 aromatic carbocycles. The average Bonchev–Trinajstić information content (AvgIpc) is 1.84. The summed E-state index contributed by atoms with van der Waals surface area (Å²) in [7, 11) is 0. The first kappa shape index (κ1) is 11.3. The molecular weight excluding hydrogens is 146 g/mol. The molecule has 0 bridgehead atoms. The highest BCUT2D eigenvalue weighted by Gasteiger charge is 1.98. The van der Waals surface area contributed by atoms with Crippen molar-refractivity contribution in [3.05, 3.63) is 23.9 Å². The molecule has 0 radical (unpaired) electrons. The average molecular weight is 167 g/mol. The summed E-state index contributed by atoms with van der Waals surface area (Å²) in [5.41, 5.74) is 2.29. The summed E-state index contributed by atoms with van der Waals surface area (Å²) in [6.45, 7) is 14.6. The Morgan fingerprint density at radius 2 is 1.75 bits per heavy atom. The van der Waals surface area contributed by atoms with Crippen molar-refractivity contribution in [3.8, 4) is 0 Å². The van der Waals surface area contributed by atoms with Gasteiger partial charge in [0.2, 0.25) is 0 Å². The Kier molecular flexibility index (Phi) is 4.72. The predicted octanol–water partition coefficient (Wildman–Crippen LogP) is 3.10. The van der Waals surface area contributed by atoms with E-state index in [1.54, 1.807) is 0 Å². The Labute approximate surface area is 76.6 Å². The summed E-state index contributed by atoms with van der Waals surface area (Å²) in [5.74, 6) is 0.593. The van der Waals surface area contributed by atoms with E-state index in [0.29, 0.717) is 12.0 Å². The van der Waals surface area contributed by atoms with Crippen LogP contribution in [0, 0.1) is 5.92 Å². The first-order valence-electron chi connectivity index (χ1n) is 4.57. The summed E-state index contributed by atoms with van der Waals surface area (Å²) in [5, 5.41) is 3.29. The first-order chi connectivity index (χ1) is 5.43. The second-order valence-corrected chi connectivity index (χ2v) is 3.87. The zero-order valence-corrected chi connectivity index (χ0v) is 8.94. The zero-order valence-electron chi connectivity index (χ0n) is 8.94. The van der Waals surface area contributed by atoms with Crippen LogP contribution in [-0.2, 0) is 0 Å². The topological polar surface area (TPSA) is 12.0 Å². The molecule has 0 aliphatic carbocycles. The Hall–Kier alpha value is -0.720. The minimum absolute atomic E-state index is 0.466. The molecule has 12 heavy (non-hydrogen) atoms. The Bertz CT molecular complexity index is 175. The number of allylic oxidation sites excluding steroid dienone is 2. The standard InChI is InChI=1S/C11H21N/c1-8(2)7-10(5)11(6)12-9(3)4/h7-9,12H,6H2,1-5H3/b10-7+. The van der Waals surface area contributed by atoms with Crippen LogP contribution in [0.2, 0.25) is 0 Å². The van der Waals surface area contributed by atoms with Crippen LogP contribution in [0.4, 0.5) is 0 Å². The number of hydrogen-bond donors (Lipinski definition) is 1. The second-order valence-electron chi connectivity index (χ2n) is 3.87. The van der Waals surface area contributed by atoms with E-state index in [2.05, 4.69) is 52.6 Å². The van der Waals surface area contributed by atoms with E-state index in [-0.39, 0.29) is 0 Å². The maximum Gasteiger partial charge on any atom is 0.0295 e. The van der Waals surface area contributed by atoms with E-state index in [1.165, 1.54) is 5.57 Å². The highest BCUT2D eigenvalue weighted by Crippen LogP contribution is 2.08. The molecule has 0 rings (SSSR count). The highest BCUT2D eigenvalue weighted by atomic mass is 14.9. The molecule has 1 heteroatoms. The molecule has 0 amide bonds. The van der Waals surface area contributed by atoms with Crippen molar-refractivity contribution in [1.82, 2.24) is 5.32 Å². The van der Waals surface area contributed by atoms with E-state index >= 15 is 0 Å². The lowest BCUT2D eigenvalue weighted by Gasteiger charge is -2.13. The molecular formula is C11H21N. The van der Waals surface area contributed by atoms with Crippen LogP contribution in [0.25, 0.3) is 0 Å². The summed E-state index contributed by atoms with van der Waals surface area (Å²) >= 11 is 0. The third kappa shape index (κ3) is 5.00. The van der Waals surface area contributed by atoms with Gasteiger partial charge in [0.25, 0.3) is 0 Å². The van der Waals surface area contributed by atoms with Gasteiger partial charge in [0.1, 0.15) is 0 Å². The van der Waals surface area contributed by atoms with Gasteiger partial charge in [-0.05, 0) is 32.3 Å². The van der Waals surface area contributed by atoms with Gasteiger partial charge in [0, 0.05) is 11.7 Å². The van der Waals surface area contributed by atoms with Crippen LogP contribution in [0.5, 0.6) is 0 Å². The van der Waals surface area contributed by atoms with E-state index in [4.69, 9.17) is 0 Å². The van der Waals surface area contributed by atoms with Gasteiger partial charge < -0.3 is 5.32 Å². The van der Waals surface area contributed by atoms with Gasteiger partial charge in [-0.1, -0.05) is 26.5 Å². The fourth-order valence-corrected chi connectivity index (χ4v) is 1.06. The molecule has 0 saturated heterocycles. The maximum absolute atomic E-state index is 3.97. The van der Waals surface area contributed by atoms with E-state index in [0.717, 1.165) is 5.70 Å². The van der Waals surface area contributed by atoms with Gasteiger partial charge in [-0.25, -0.2) is 0 Å². The largest absolute Gasteiger partial charge is 0.383 e. The van der Waals surface area contributed by atoms with Crippen LogP contribution in [-0.4, -0.2) is 6.04 Å². The van der Waals surface area contributed by atoms with Crippen molar-refractivity contribution >= 4 is 0 Å². The Morgan fingerprint density at radius 3 is 2.08 bits per heavy atom. The first-order valence-corrected chi connectivity index (χ1v) is 4.57. The van der Waals surface area contributed by atoms with Crippen LogP contribution < -0.4 is 5.32 Å². The molecule has 0 unspecified atom stereocenters. The second kappa shape index (κ2) is 5.02. The van der Waals surface area contributed by atoms with Crippen molar-refractivity contribution in [1.29, 1.82) is 0 Å². The number of hydrogen-bond acceptors (Lipinski definition) is 1. The van der Waals surface area contributed by atoms with Crippen molar-refractivity contribution in [2.24, 2.45) is 5.92 Å². The van der Waals surface area contributed by atoms with Gasteiger partial charge in [-0.15, -0.1) is 0 Å². The number of nitrogens with one attached hydrogen (secondary N) is 1. The SMILES string of the molecule is C=C(NC(C)C)/C(C)=C/C(C)C. The van der Waals surface area contributed by atoms with E-state index in [9.17, 15) is 0 Å². The molecule has 0 heterocycles. The lowest BCUT2D eigenvalue weighted by atomic mass is 10.1. The van der Waals surface area contributed by atoms with Crippen molar-refractivity contribution < 1.29 is 0 Å². The lowest BCUT2D eigenvalue weighted by molar-refractivity contribution is 0.673.